The molecule has 0 saturated carbocycles. The van der Waals surface area contributed by atoms with Crippen molar-refractivity contribution in [3.63, 3.8) is 0 Å². The van der Waals surface area contributed by atoms with Gasteiger partial charge in [0.15, 0.2) is 0 Å². The topological polar surface area (TPSA) is 15.3 Å². The average molecular weight is 274 g/mol. The number of hydrogen-bond acceptors (Lipinski definition) is 2. The van der Waals surface area contributed by atoms with Crippen LogP contribution in [0.15, 0.2) is 24.3 Å². The van der Waals surface area contributed by atoms with Crippen LogP contribution in [0.5, 0.6) is 0 Å². The smallest absolute Gasteiger partial charge is 0.0231 e. The summed E-state index contributed by atoms with van der Waals surface area (Å²) in [5.41, 5.74) is 3.34. The third kappa shape index (κ3) is 4.32. The highest BCUT2D eigenvalue weighted by molar-refractivity contribution is 5.22. The molecular weight excluding hydrogens is 244 g/mol. The largest absolute Gasteiger partial charge is 0.317 e. The van der Waals surface area contributed by atoms with E-state index in [1.807, 2.05) is 0 Å². The maximum absolute atomic E-state index is 3.51. The van der Waals surface area contributed by atoms with E-state index in [2.05, 4.69) is 55.4 Å². The van der Waals surface area contributed by atoms with E-state index in [4.69, 9.17) is 0 Å². The zero-order valence-electron chi connectivity index (χ0n) is 13.4. The zero-order valence-corrected chi connectivity index (χ0v) is 13.4. The molecule has 20 heavy (non-hydrogen) atoms. The van der Waals surface area contributed by atoms with Crippen LogP contribution >= 0.6 is 0 Å². The van der Waals surface area contributed by atoms with Crippen molar-refractivity contribution in [2.75, 3.05) is 26.7 Å². The van der Waals surface area contributed by atoms with Gasteiger partial charge in [-0.2, -0.15) is 0 Å². The summed E-state index contributed by atoms with van der Waals surface area (Å²) in [6.07, 6.45) is 5.34. The van der Waals surface area contributed by atoms with Gasteiger partial charge in [0.05, 0.1) is 0 Å². The lowest BCUT2D eigenvalue weighted by Crippen LogP contribution is -2.43. The lowest BCUT2D eigenvalue weighted by Gasteiger charge is -2.40. The number of nitrogens with one attached hydrogen (secondary N) is 1. The quantitative estimate of drug-likeness (QED) is 0.852. The van der Waals surface area contributed by atoms with Crippen molar-refractivity contribution in [2.24, 2.45) is 5.41 Å². The third-order valence-electron chi connectivity index (χ3n) is 4.58. The minimum Gasteiger partial charge on any atom is -0.317 e. The van der Waals surface area contributed by atoms with Crippen LogP contribution in [0.4, 0.5) is 0 Å². The van der Waals surface area contributed by atoms with Crippen molar-refractivity contribution >= 4 is 0 Å². The predicted molar refractivity (Wildman–Crippen MR) is 87.0 cm³/mol. The Labute approximate surface area is 124 Å². The van der Waals surface area contributed by atoms with Crippen molar-refractivity contribution in [3.05, 3.63) is 35.4 Å². The number of hydrogen-bond donors (Lipinski definition) is 1. The lowest BCUT2D eigenvalue weighted by atomic mass is 9.75. The second kappa shape index (κ2) is 7.24. The van der Waals surface area contributed by atoms with Gasteiger partial charge in [-0.05, 0) is 57.3 Å². The first-order valence-electron chi connectivity index (χ1n) is 8.08. The Morgan fingerprint density at radius 3 is 2.65 bits per heavy atom. The molecular formula is C18H30N2. The van der Waals surface area contributed by atoms with Crippen LogP contribution in [0.1, 0.15) is 43.7 Å². The standard InChI is InChI=1S/C18H30N2/c1-4-8-18(9-11-19-12-10-18)15-20(3)14-17-7-5-6-16(2)13-17/h5-7,13,19H,4,8-12,14-15H2,1-3H3. The third-order valence-corrected chi connectivity index (χ3v) is 4.58. The van der Waals surface area contributed by atoms with Crippen LogP contribution in [0.25, 0.3) is 0 Å². The molecule has 0 radical (unpaired) electrons. The van der Waals surface area contributed by atoms with E-state index >= 15 is 0 Å². The molecule has 1 N–H and O–H groups in total. The van der Waals surface area contributed by atoms with Gasteiger partial charge < -0.3 is 10.2 Å². The molecule has 1 aromatic rings. The van der Waals surface area contributed by atoms with Gasteiger partial charge in [0.25, 0.3) is 0 Å². The van der Waals surface area contributed by atoms with E-state index in [9.17, 15) is 0 Å². The van der Waals surface area contributed by atoms with E-state index in [1.165, 1.54) is 56.4 Å². The van der Waals surface area contributed by atoms with Gasteiger partial charge in [0.2, 0.25) is 0 Å². The number of piperidine rings is 1. The fourth-order valence-corrected chi connectivity index (χ4v) is 3.73. The first kappa shape index (κ1) is 15.5. The summed E-state index contributed by atoms with van der Waals surface area (Å²) >= 11 is 0. The second-order valence-corrected chi connectivity index (χ2v) is 6.66. The van der Waals surface area contributed by atoms with E-state index in [1.54, 1.807) is 0 Å². The molecule has 2 heteroatoms. The van der Waals surface area contributed by atoms with Gasteiger partial charge in [-0.3, -0.25) is 0 Å². The molecule has 0 spiro atoms. The Kier molecular flexibility index (Phi) is 5.62. The Morgan fingerprint density at radius 1 is 1.25 bits per heavy atom. The highest BCUT2D eigenvalue weighted by Crippen LogP contribution is 2.34. The SMILES string of the molecule is CCCC1(CN(C)Cc2cccc(C)c2)CCNCC1. The average Bonchev–Trinajstić information content (AvgIpc) is 2.39. The van der Waals surface area contributed by atoms with E-state index in [-0.39, 0.29) is 0 Å². The van der Waals surface area contributed by atoms with Gasteiger partial charge in [0.1, 0.15) is 0 Å². The molecule has 0 aliphatic carbocycles. The summed E-state index contributed by atoms with van der Waals surface area (Å²) < 4.78 is 0. The monoisotopic (exact) mass is 274 g/mol. The summed E-state index contributed by atoms with van der Waals surface area (Å²) in [6, 6.07) is 8.91. The molecule has 0 bridgehead atoms. The number of nitrogens with zero attached hydrogens (tertiary/aromatic N) is 1. The Hall–Kier alpha value is -0.860. The van der Waals surface area contributed by atoms with Gasteiger partial charge in [0, 0.05) is 13.1 Å². The highest BCUT2D eigenvalue weighted by Gasteiger charge is 2.32. The Balaban J connectivity index is 1.95. The fraction of sp³-hybridized carbons (Fsp3) is 0.667. The van der Waals surface area contributed by atoms with Crippen molar-refractivity contribution in [1.82, 2.24) is 10.2 Å². The minimum atomic E-state index is 0.540. The first-order valence-corrected chi connectivity index (χ1v) is 8.08. The van der Waals surface area contributed by atoms with E-state index in [0.29, 0.717) is 5.41 Å². The lowest BCUT2D eigenvalue weighted by molar-refractivity contribution is 0.112. The normalized spacial score (nSPS) is 18.4. The molecule has 1 aliphatic rings. The van der Waals surface area contributed by atoms with Gasteiger partial charge in [-0.1, -0.05) is 43.2 Å². The van der Waals surface area contributed by atoms with Crippen LogP contribution in [-0.4, -0.2) is 31.6 Å². The summed E-state index contributed by atoms with van der Waals surface area (Å²) in [4.78, 5) is 2.52. The van der Waals surface area contributed by atoms with Gasteiger partial charge in [-0.15, -0.1) is 0 Å². The highest BCUT2D eigenvalue weighted by atomic mass is 15.1. The molecule has 0 aromatic heterocycles. The summed E-state index contributed by atoms with van der Waals surface area (Å²) in [6.45, 7) is 9.19. The van der Waals surface area contributed by atoms with Crippen LogP contribution in [0.2, 0.25) is 0 Å². The van der Waals surface area contributed by atoms with Crippen molar-refractivity contribution in [3.8, 4) is 0 Å². The van der Waals surface area contributed by atoms with E-state index in [0.717, 1.165) is 6.54 Å². The maximum Gasteiger partial charge on any atom is 0.0231 e. The van der Waals surface area contributed by atoms with Crippen molar-refractivity contribution in [1.29, 1.82) is 0 Å². The number of aryl methyl sites for hydroxylation is 1. The fourth-order valence-electron chi connectivity index (χ4n) is 3.73. The number of rotatable bonds is 6. The van der Waals surface area contributed by atoms with Crippen molar-refractivity contribution < 1.29 is 0 Å². The van der Waals surface area contributed by atoms with Crippen LogP contribution in [0, 0.1) is 12.3 Å². The molecule has 0 amide bonds. The molecule has 0 unspecified atom stereocenters. The molecule has 1 aliphatic heterocycles. The second-order valence-electron chi connectivity index (χ2n) is 6.66. The maximum atomic E-state index is 3.51. The van der Waals surface area contributed by atoms with E-state index < -0.39 is 0 Å². The molecule has 1 saturated heterocycles. The van der Waals surface area contributed by atoms with Crippen LogP contribution in [-0.2, 0) is 6.54 Å². The number of benzene rings is 1. The molecule has 1 aromatic carbocycles. The minimum absolute atomic E-state index is 0.540. The van der Waals surface area contributed by atoms with Crippen molar-refractivity contribution in [2.45, 2.75) is 46.1 Å². The zero-order chi connectivity index (χ0) is 14.4. The van der Waals surface area contributed by atoms with Crippen LogP contribution < -0.4 is 5.32 Å². The molecule has 1 heterocycles. The molecule has 2 rings (SSSR count). The summed E-state index contributed by atoms with van der Waals surface area (Å²) in [5.74, 6) is 0. The first-order chi connectivity index (χ1) is 9.63. The van der Waals surface area contributed by atoms with Gasteiger partial charge >= 0.3 is 0 Å². The van der Waals surface area contributed by atoms with Gasteiger partial charge in [-0.25, -0.2) is 0 Å². The van der Waals surface area contributed by atoms with Crippen LogP contribution in [0.3, 0.4) is 0 Å². The molecule has 1 fully saturated rings. The molecule has 0 atom stereocenters. The Morgan fingerprint density at radius 2 is 2.00 bits per heavy atom. The molecule has 112 valence electrons. The summed E-state index contributed by atoms with van der Waals surface area (Å²) in [7, 11) is 2.28. The predicted octanol–water partition coefficient (Wildman–Crippen LogP) is 3.60. The molecule has 2 nitrogen and oxygen atoms in total. The summed E-state index contributed by atoms with van der Waals surface area (Å²) in [5, 5.41) is 3.51. The Bertz CT molecular complexity index is 402.